The van der Waals surface area contributed by atoms with Crippen molar-refractivity contribution < 1.29 is 19.1 Å². The van der Waals surface area contributed by atoms with E-state index in [2.05, 4.69) is 0 Å². The number of ketones is 1. The van der Waals surface area contributed by atoms with Gasteiger partial charge in [0.2, 0.25) is 11.8 Å². The lowest BCUT2D eigenvalue weighted by molar-refractivity contribution is -0.141. The van der Waals surface area contributed by atoms with E-state index in [0.29, 0.717) is 38.2 Å². The van der Waals surface area contributed by atoms with Crippen molar-refractivity contribution in [1.29, 1.82) is 0 Å². The van der Waals surface area contributed by atoms with Crippen LogP contribution in [0.25, 0.3) is 0 Å². The first-order valence-electron chi connectivity index (χ1n) is 7.81. The first-order valence-corrected chi connectivity index (χ1v) is 7.81. The number of morpholine rings is 1. The summed E-state index contributed by atoms with van der Waals surface area (Å²) in [4.78, 5) is 37.1. The molecule has 0 aromatic heterocycles. The number of benzene rings is 1. The van der Waals surface area contributed by atoms with Gasteiger partial charge in [-0.15, -0.1) is 0 Å². The van der Waals surface area contributed by atoms with Crippen LogP contribution in [0.1, 0.15) is 36.0 Å². The number of carbonyl (C=O) groups excluding carboxylic acids is 3. The summed E-state index contributed by atoms with van der Waals surface area (Å²) in [6.45, 7) is 1.25. The molecule has 23 heavy (non-hydrogen) atoms. The zero-order valence-corrected chi connectivity index (χ0v) is 13.1. The van der Waals surface area contributed by atoms with Crippen molar-refractivity contribution in [2.45, 2.75) is 31.7 Å². The molecule has 0 spiro atoms. The number of hydrogen-bond acceptors (Lipinski definition) is 4. The van der Waals surface area contributed by atoms with E-state index < -0.39 is 5.91 Å². The number of carbonyl (C=O) groups is 3. The van der Waals surface area contributed by atoms with Crippen molar-refractivity contribution in [3.05, 3.63) is 35.9 Å². The van der Waals surface area contributed by atoms with Gasteiger partial charge in [-0.1, -0.05) is 30.3 Å². The monoisotopic (exact) mass is 318 g/mol. The summed E-state index contributed by atoms with van der Waals surface area (Å²) < 4.78 is 5.31. The van der Waals surface area contributed by atoms with Crippen molar-refractivity contribution in [1.82, 2.24) is 4.90 Å². The fourth-order valence-electron chi connectivity index (χ4n) is 2.70. The average Bonchev–Trinajstić information content (AvgIpc) is 2.55. The number of amides is 2. The molecule has 2 rings (SSSR count). The van der Waals surface area contributed by atoms with E-state index in [0.717, 1.165) is 0 Å². The predicted octanol–water partition coefficient (Wildman–Crippen LogP) is 1.14. The summed E-state index contributed by atoms with van der Waals surface area (Å²) in [5.74, 6) is -0.466. The number of primary amides is 1. The molecule has 1 heterocycles. The summed E-state index contributed by atoms with van der Waals surface area (Å²) in [6, 6.07) is 8.75. The van der Waals surface area contributed by atoms with E-state index in [1.165, 1.54) is 0 Å². The third-order valence-electron chi connectivity index (χ3n) is 3.87. The van der Waals surface area contributed by atoms with Crippen LogP contribution in [0.15, 0.2) is 30.3 Å². The zero-order chi connectivity index (χ0) is 16.7. The molecule has 0 bridgehead atoms. The van der Waals surface area contributed by atoms with Gasteiger partial charge >= 0.3 is 0 Å². The summed E-state index contributed by atoms with van der Waals surface area (Å²) in [7, 11) is 0. The van der Waals surface area contributed by atoms with Crippen LogP contribution < -0.4 is 5.73 Å². The molecular weight excluding hydrogens is 296 g/mol. The van der Waals surface area contributed by atoms with Crippen LogP contribution in [-0.4, -0.2) is 48.3 Å². The Labute approximate surface area is 135 Å². The van der Waals surface area contributed by atoms with Gasteiger partial charge in [-0.25, -0.2) is 0 Å². The van der Waals surface area contributed by atoms with Crippen LogP contribution in [0.2, 0.25) is 0 Å². The Hall–Kier alpha value is -2.21. The van der Waals surface area contributed by atoms with Gasteiger partial charge in [0.25, 0.3) is 0 Å². The van der Waals surface area contributed by atoms with Crippen molar-refractivity contribution in [3.8, 4) is 0 Å². The van der Waals surface area contributed by atoms with Crippen LogP contribution in [0.4, 0.5) is 0 Å². The Balaban J connectivity index is 1.81. The largest absolute Gasteiger partial charge is 0.377 e. The molecule has 1 saturated heterocycles. The molecule has 0 radical (unpaired) electrons. The van der Waals surface area contributed by atoms with Crippen molar-refractivity contribution in [2.75, 3.05) is 19.8 Å². The molecular formula is C17H22N2O4. The summed E-state index contributed by atoms with van der Waals surface area (Å²) >= 11 is 0. The Kier molecular flexibility index (Phi) is 6.29. The third kappa shape index (κ3) is 5.17. The predicted molar refractivity (Wildman–Crippen MR) is 84.8 cm³/mol. The highest BCUT2D eigenvalue weighted by Crippen LogP contribution is 2.14. The molecule has 0 aliphatic carbocycles. The van der Waals surface area contributed by atoms with Crippen LogP contribution in [0.5, 0.6) is 0 Å². The lowest BCUT2D eigenvalue weighted by Gasteiger charge is -2.35. The first-order chi connectivity index (χ1) is 11.1. The average molecular weight is 318 g/mol. The molecule has 1 aromatic carbocycles. The maximum Gasteiger partial charge on any atom is 0.223 e. The highest BCUT2D eigenvalue weighted by molar-refractivity contribution is 5.96. The second kappa shape index (κ2) is 8.43. The molecule has 1 aliphatic rings. The fraction of sp³-hybridized carbons (Fsp3) is 0.471. The summed E-state index contributed by atoms with van der Waals surface area (Å²) in [6.07, 6.45) is 1.22. The van der Waals surface area contributed by atoms with Gasteiger partial charge in [0, 0.05) is 31.4 Å². The lowest BCUT2D eigenvalue weighted by Crippen LogP contribution is -2.50. The molecule has 1 aliphatic heterocycles. The molecule has 2 amide bonds. The van der Waals surface area contributed by atoms with E-state index in [9.17, 15) is 14.4 Å². The summed E-state index contributed by atoms with van der Waals surface area (Å²) in [5.41, 5.74) is 5.88. The van der Waals surface area contributed by atoms with E-state index >= 15 is 0 Å². The number of Topliss-reactive ketones (excluding diaryl/α,β-unsaturated/α-hetero) is 1. The van der Waals surface area contributed by atoms with Gasteiger partial charge in [-0.2, -0.15) is 0 Å². The van der Waals surface area contributed by atoms with Crippen LogP contribution in [-0.2, 0) is 14.3 Å². The van der Waals surface area contributed by atoms with E-state index in [4.69, 9.17) is 10.5 Å². The Morgan fingerprint density at radius 2 is 1.91 bits per heavy atom. The molecule has 6 nitrogen and oxygen atoms in total. The quantitative estimate of drug-likeness (QED) is 0.763. The first kappa shape index (κ1) is 17.1. The summed E-state index contributed by atoms with van der Waals surface area (Å²) in [5, 5.41) is 0. The van der Waals surface area contributed by atoms with Crippen LogP contribution in [0, 0.1) is 0 Å². The molecule has 124 valence electrons. The Morgan fingerprint density at radius 3 is 2.61 bits per heavy atom. The van der Waals surface area contributed by atoms with Gasteiger partial charge in [0.05, 0.1) is 19.3 Å². The molecule has 6 heteroatoms. The van der Waals surface area contributed by atoms with Gasteiger partial charge in [0.15, 0.2) is 5.78 Å². The fourth-order valence-corrected chi connectivity index (χ4v) is 2.70. The minimum absolute atomic E-state index is 0.0362. The number of nitrogens with zero attached hydrogens (tertiary/aromatic N) is 1. The highest BCUT2D eigenvalue weighted by Gasteiger charge is 2.28. The second-order valence-corrected chi connectivity index (χ2v) is 5.63. The molecule has 0 saturated carbocycles. The Bertz CT molecular complexity index is 559. The van der Waals surface area contributed by atoms with Crippen LogP contribution >= 0.6 is 0 Å². The highest BCUT2D eigenvalue weighted by atomic mass is 16.5. The standard InChI is InChI=1S/C17H22N2O4/c18-16(21)11-14-12-23-10-9-19(14)17(22)8-4-7-15(20)13-5-2-1-3-6-13/h1-3,5-6,14H,4,7-12H2,(H2,18,21). The number of rotatable bonds is 7. The SMILES string of the molecule is NC(=O)CC1COCCN1C(=O)CCCC(=O)c1ccccc1. The molecule has 1 atom stereocenters. The number of ether oxygens (including phenoxy) is 1. The maximum absolute atomic E-state index is 12.3. The molecule has 2 N–H and O–H groups in total. The van der Waals surface area contributed by atoms with E-state index in [1.807, 2.05) is 18.2 Å². The lowest BCUT2D eigenvalue weighted by atomic mass is 10.0. The molecule has 1 aromatic rings. The smallest absolute Gasteiger partial charge is 0.223 e. The number of hydrogen-bond donors (Lipinski definition) is 1. The van der Waals surface area contributed by atoms with Crippen LogP contribution in [0.3, 0.4) is 0 Å². The van der Waals surface area contributed by atoms with Crippen molar-refractivity contribution in [2.24, 2.45) is 5.73 Å². The zero-order valence-electron chi connectivity index (χ0n) is 13.1. The van der Waals surface area contributed by atoms with Gasteiger partial charge in [-0.05, 0) is 6.42 Å². The van der Waals surface area contributed by atoms with E-state index in [1.54, 1.807) is 17.0 Å². The topological polar surface area (TPSA) is 89.7 Å². The third-order valence-corrected chi connectivity index (χ3v) is 3.87. The minimum Gasteiger partial charge on any atom is -0.377 e. The van der Waals surface area contributed by atoms with Gasteiger partial charge < -0.3 is 15.4 Å². The second-order valence-electron chi connectivity index (χ2n) is 5.63. The maximum atomic E-state index is 12.3. The molecule has 1 fully saturated rings. The van der Waals surface area contributed by atoms with E-state index in [-0.39, 0.29) is 30.6 Å². The van der Waals surface area contributed by atoms with Gasteiger partial charge in [0.1, 0.15) is 0 Å². The Morgan fingerprint density at radius 1 is 1.17 bits per heavy atom. The molecule has 1 unspecified atom stereocenters. The number of nitrogens with two attached hydrogens (primary N) is 1. The minimum atomic E-state index is -0.447. The van der Waals surface area contributed by atoms with Crippen molar-refractivity contribution >= 4 is 17.6 Å². The van der Waals surface area contributed by atoms with Crippen molar-refractivity contribution in [3.63, 3.8) is 0 Å². The van der Waals surface area contributed by atoms with Gasteiger partial charge in [-0.3, -0.25) is 14.4 Å². The normalized spacial score (nSPS) is 17.7.